The van der Waals surface area contributed by atoms with Crippen molar-refractivity contribution in [3.8, 4) is 6.07 Å². The molecule has 1 aromatic heterocycles. The second-order valence-electron chi connectivity index (χ2n) is 4.57. The Morgan fingerprint density at radius 1 is 1.39 bits per heavy atom. The summed E-state index contributed by atoms with van der Waals surface area (Å²) in [5, 5.41) is 12.3. The Hall–Kier alpha value is -1.31. The molecule has 0 spiro atoms. The molecule has 18 heavy (non-hydrogen) atoms. The van der Waals surface area contributed by atoms with Crippen molar-refractivity contribution in [2.45, 2.75) is 26.8 Å². The molecule has 0 fully saturated rings. The summed E-state index contributed by atoms with van der Waals surface area (Å²) in [6.07, 6.45) is 3.22. The molecule has 4 heteroatoms. The lowest BCUT2D eigenvalue weighted by Gasteiger charge is -2.19. The number of hydrogen-bond acceptors (Lipinski definition) is 3. The van der Waals surface area contributed by atoms with E-state index in [9.17, 15) is 0 Å². The van der Waals surface area contributed by atoms with Crippen LogP contribution in [0.25, 0.3) is 0 Å². The molecule has 0 atom stereocenters. The largest absolute Gasteiger partial charge is 0.342 e. The summed E-state index contributed by atoms with van der Waals surface area (Å²) in [5.74, 6) is 0. The van der Waals surface area contributed by atoms with Crippen molar-refractivity contribution in [2.75, 3.05) is 26.2 Å². The topological polar surface area (TPSA) is 44.0 Å². The van der Waals surface area contributed by atoms with Gasteiger partial charge in [-0.1, -0.05) is 13.8 Å². The molecular weight excluding hydrogens is 224 g/mol. The molecule has 1 aromatic rings. The zero-order valence-electron chi connectivity index (χ0n) is 11.7. The fourth-order valence-corrected chi connectivity index (χ4v) is 2.05. The van der Waals surface area contributed by atoms with Crippen molar-refractivity contribution in [2.24, 2.45) is 7.05 Å². The fraction of sp³-hybridized carbons (Fsp3) is 0.643. The minimum atomic E-state index is 0.716. The fourth-order valence-electron chi connectivity index (χ4n) is 2.05. The molecule has 0 amide bonds. The van der Waals surface area contributed by atoms with Gasteiger partial charge in [0, 0.05) is 32.9 Å². The predicted molar refractivity (Wildman–Crippen MR) is 74.2 cm³/mol. The predicted octanol–water partition coefficient (Wildman–Crippen LogP) is 1.72. The molecule has 1 N–H and O–H groups in total. The van der Waals surface area contributed by atoms with Crippen molar-refractivity contribution in [3.05, 3.63) is 23.5 Å². The highest BCUT2D eigenvalue weighted by atomic mass is 15.1. The van der Waals surface area contributed by atoms with Gasteiger partial charge in [-0.3, -0.25) is 0 Å². The van der Waals surface area contributed by atoms with E-state index in [1.165, 1.54) is 18.5 Å². The second kappa shape index (κ2) is 7.91. The number of rotatable bonds is 8. The van der Waals surface area contributed by atoms with Crippen molar-refractivity contribution in [1.82, 2.24) is 14.8 Å². The molecule has 0 radical (unpaired) electrons. The lowest BCUT2D eigenvalue weighted by Crippen LogP contribution is -2.32. The van der Waals surface area contributed by atoms with E-state index in [0.717, 1.165) is 26.2 Å². The van der Waals surface area contributed by atoms with Crippen LogP contribution in [0, 0.1) is 11.3 Å². The summed E-state index contributed by atoms with van der Waals surface area (Å²) in [5.41, 5.74) is 1.89. The normalized spacial score (nSPS) is 10.8. The first-order valence-corrected chi connectivity index (χ1v) is 6.69. The van der Waals surface area contributed by atoms with Crippen LogP contribution in [-0.4, -0.2) is 35.6 Å². The van der Waals surface area contributed by atoms with Crippen LogP contribution in [0.1, 0.15) is 31.5 Å². The lowest BCUT2D eigenvalue weighted by atomic mass is 10.3. The van der Waals surface area contributed by atoms with E-state index < -0.39 is 0 Å². The van der Waals surface area contributed by atoms with E-state index in [-0.39, 0.29) is 0 Å². The first kappa shape index (κ1) is 14.7. The third-order valence-corrected chi connectivity index (χ3v) is 3.10. The minimum absolute atomic E-state index is 0.716. The first-order valence-electron chi connectivity index (χ1n) is 6.69. The molecule has 0 bridgehead atoms. The van der Waals surface area contributed by atoms with E-state index in [1.807, 2.05) is 23.9 Å². The van der Waals surface area contributed by atoms with Gasteiger partial charge in [-0.05, 0) is 31.1 Å². The van der Waals surface area contributed by atoms with E-state index in [4.69, 9.17) is 5.26 Å². The number of aryl methyl sites for hydroxylation is 1. The number of nitriles is 1. The summed E-state index contributed by atoms with van der Waals surface area (Å²) in [6, 6.07) is 4.12. The van der Waals surface area contributed by atoms with Gasteiger partial charge in [-0.2, -0.15) is 5.26 Å². The monoisotopic (exact) mass is 248 g/mol. The SMILES string of the molecule is CCCN(CC)CCNCc1cc(C#N)n(C)c1. The quantitative estimate of drug-likeness (QED) is 0.712. The summed E-state index contributed by atoms with van der Waals surface area (Å²) >= 11 is 0. The highest BCUT2D eigenvalue weighted by molar-refractivity contribution is 5.28. The van der Waals surface area contributed by atoms with Crippen LogP contribution in [0.5, 0.6) is 0 Å². The van der Waals surface area contributed by atoms with Crippen molar-refractivity contribution in [1.29, 1.82) is 5.26 Å². The van der Waals surface area contributed by atoms with Gasteiger partial charge in [-0.15, -0.1) is 0 Å². The van der Waals surface area contributed by atoms with Gasteiger partial charge in [0.2, 0.25) is 0 Å². The highest BCUT2D eigenvalue weighted by Gasteiger charge is 2.03. The van der Waals surface area contributed by atoms with Gasteiger partial charge in [0.15, 0.2) is 0 Å². The summed E-state index contributed by atoms with van der Waals surface area (Å²) in [4.78, 5) is 2.44. The van der Waals surface area contributed by atoms with E-state index in [0.29, 0.717) is 5.69 Å². The van der Waals surface area contributed by atoms with Crippen molar-refractivity contribution in [3.63, 3.8) is 0 Å². The molecule has 0 aliphatic heterocycles. The molecule has 0 saturated carbocycles. The maximum absolute atomic E-state index is 8.87. The standard InChI is InChI=1S/C14H24N4/c1-4-7-18(5-2)8-6-16-11-13-9-14(10-15)17(3)12-13/h9,12,16H,4-8,11H2,1-3H3. The Morgan fingerprint density at radius 3 is 2.72 bits per heavy atom. The Balaban J connectivity index is 2.27. The van der Waals surface area contributed by atoms with Gasteiger partial charge < -0.3 is 14.8 Å². The molecule has 0 unspecified atom stereocenters. The number of nitrogens with zero attached hydrogens (tertiary/aromatic N) is 3. The van der Waals surface area contributed by atoms with Crippen LogP contribution in [-0.2, 0) is 13.6 Å². The van der Waals surface area contributed by atoms with Gasteiger partial charge in [0.05, 0.1) is 0 Å². The van der Waals surface area contributed by atoms with Crippen molar-refractivity contribution < 1.29 is 0 Å². The van der Waals surface area contributed by atoms with Crippen LogP contribution in [0.4, 0.5) is 0 Å². The smallest absolute Gasteiger partial charge is 0.120 e. The van der Waals surface area contributed by atoms with Gasteiger partial charge in [0.1, 0.15) is 11.8 Å². The van der Waals surface area contributed by atoms with Crippen molar-refractivity contribution >= 4 is 0 Å². The summed E-state index contributed by atoms with van der Waals surface area (Å²) < 4.78 is 1.87. The Kier molecular flexibility index (Phi) is 6.48. The van der Waals surface area contributed by atoms with Gasteiger partial charge >= 0.3 is 0 Å². The zero-order valence-corrected chi connectivity index (χ0v) is 11.7. The van der Waals surface area contributed by atoms with Crippen LogP contribution in [0.15, 0.2) is 12.3 Å². The first-order chi connectivity index (χ1) is 8.71. The Morgan fingerprint density at radius 2 is 2.17 bits per heavy atom. The molecule has 100 valence electrons. The molecule has 1 rings (SSSR count). The second-order valence-corrected chi connectivity index (χ2v) is 4.57. The molecular formula is C14H24N4. The van der Waals surface area contributed by atoms with Crippen LogP contribution in [0.2, 0.25) is 0 Å². The van der Waals surface area contributed by atoms with Gasteiger partial charge in [-0.25, -0.2) is 0 Å². The number of hydrogen-bond donors (Lipinski definition) is 1. The average molecular weight is 248 g/mol. The Labute approximate surface area is 110 Å². The third-order valence-electron chi connectivity index (χ3n) is 3.10. The highest BCUT2D eigenvalue weighted by Crippen LogP contribution is 2.05. The lowest BCUT2D eigenvalue weighted by molar-refractivity contribution is 0.287. The van der Waals surface area contributed by atoms with Crippen LogP contribution >= 0.6 is 0 Å². The number of aromatic nitrogens is 1. The third kappa shape index (κ3) is 4.52. The van der Waals surface area contributed by atoms with Gasteiger partial charge in [0.25, 0.3) is 0 Å². The summed E-state index contributed by atoms with van der Waals surface area (Å²) in [6.45, 7) is 9.60. The molecule has 0 saturated heterocycles. The average Bonchev–Trinajstić information content (AvgIpc) is 2.73. The van der Waals surface area contributed by atoms with Crippen LogP contribution < -0.4 is 5.32 Å². The van der Waals surface area contributed by atoms with E-state index >= 15 is 0 Å². The molecule has 4 nitrogen and oxygen atoms in total. The maximum atomic E-state index is 8.87. The molecule has 1 heterocycles. The molecule has 0 aliphatic carbocycles. The maximum Gasteiger partial charge on any atom is 0.120 e. The molecule has 0 aromatic carbocycles. The zero-order chi connectivity index (χ0) is 13.4. The summed E-state index contributed by atoms with van der Waals surface area (Å²) in [7, 11) is 1.90. The Bertz CT molecular complexity index is 389. The van der Waals surface area contributed by atoms with E-state index in [1.54, 1.807) is 0 Å². The van der Waals surface area contributed by atoms with E-state index in [2.05, 4.69) is 30.1 Å². The number of likely N-dealkylation sites (N-methyl/N-ethyl adjacent to an activating group) is 1. The minimum Gasteiger partial charge on any atom is -0.342 e. The molecule has 0 aliphatic rings. The van der Waals surface area contributed by atoms with Crippen LogP contribution in [0.3, 0.4) is 0 Å². The number of nitrogens with one attached hydrogen (secondary N) is 1.